The van der Waals surface area contributed by atoms with Gasteiger partial charge in [0, 0.05) is 9.75 Å². The number of rotatable bonds is 6. The van der Waals surface area contributed by atoms with Gasteiger partial charge in [0.05, 0.1) is 17.4 Å². The fraction of sp³-hybridized carbons (Fsp3) is 0.500. The van der Waals surface area contributed by atoms with E-state index in [-0.39, 0.29) is 6.04 Å². The molecule has 108 valence electrons. The van der Waals surface area contributed by atoms with E-state index in [4.69, 9.17) is 0 Å². The van der Waals surface area contributed by atoms with Crippen LogP contribution in [0.5, 0.6) is 0 Å². The van der Waals surface area contributed by atoms with Crippen LogP contribution in [0.25, 0.3) is 0 Å². The largest absolute Gasteiger partial charge is 0.306 e. The van der Waals surface area contributed by atoms with Gasteiger partial charge in [0.25, 0.3) is 0 Å². The molecule has 0 saturated heterocycles. The number of aryl methyl sites for hydroxylation is 3. The van der Waals surface area contributed by atoms with E-state index < -0.39 is 0 Å². The Morgan fingerprint density at radius 1 is 1.20 bits per heavy atom. The molecular formula is C16H23N3S. The number of hydrogen-bond donors (Lipinski definition) is 1. The van der Waals surface area contributed by atoms with Crippen molar-refractivity contribution < 1.29 is 0 Å². The van der Waals surface area contributed by atoms with E-state index in [1.807, 2.05) is 18.3 Å². The summed E-state index contributed by atoms with van der Waals surface area (Å²) in [5, 5.41) is 12.2. The topological polar surface area (TPSA) is 37.8 Å². The quantitative estimate of drug-likeness (QED) is 0.879. The average Bonchev–Trinajstić information content (AvgIpc) is 2.86. The first-order valence-electron chi connectivity index (χ1n) is 7.28. The molecule has 2 heterocycles. The van der Waals surface area contributed by atoms with E-state index in [1.165, 1.54) is 15.3 Å². The Bertz CT molecular complexity index is 563. The smallest absolute Gasteiger partial charge is 0.0690 e. The van der Waals surface area contributed by atoms with Crippen LogP contribution in [0.1, 0.15) is 53.0 Å². The SMILES string of the molecule is CCCNC(c1ccc(C)s1)c1cc(C)nnc1CC. The molecule has 0 aliphatic heterocycles. The van der Waals surface area contributed by atoms with Crippen LogP contribution in [-0.2, 0) is 6.42 Å². The first-order valence-corrected chi connectivity index (χ1v) is 8.10. The van der Waals surface area contributed by atoms with Crippen molar-refractivity contribution in [2.24, 2.45) is 0 Å². The van der Waals surface area contributed by atoms with Crippen LogP contribution in [0.2, 0.25) is 0 Å². The number of nitrogens with zero attached hydrogens (tertiary/aromatic N) is 2. The maximum absolute atomic E-state index is 4.37. The molecule has 2 aromatic rings. The van der Waals surface area contributed by atoms with Crippen LogP contribution in [0.3, 0.4) is 0 Å². The third kappa shape index (κ3) is 3.44. The standard InChI is InChI=1S/C16H23N3S/c1-5-9-17-16(15-8-7-12(4)20-15)13-10-11(3)18-19-14(13)6-2/h7-8,10,16-17H,5-6,9H2,1-4H3. The monoisotopic (exact) mass is 289 g/mol. The first-order chi connectivity index (χ1) is 9.65. The lowest BCUT2D eigenvalue weighted by atomic mass is 10.0. The van der Waals surface area contributed by atoms with Crippen molar-refractivity contribution in [3.05, 3.63) is 44.9 Å². The summed E-state index contributed by atoms with van der Waals surface area (Å²) < 4.78 is 0. The highest BCUT2D eigenvalue weighted by atomic mass is 32.1. The minimum Gasteiger partial charge on any atom is -0.306 e. The van der Waals surface area contributed by atoms with Gasteiger partial charge < -0.3 is 5.32 Å². The summed E-state index contributed by atoms with van der Waals surface area (Å²) in [6.07, 6.45) is 2.04. The maximum atomic E-state index is 4.37. The summed E-state index contributed by atoms with van der Waals surface area (Å²) in [7, 11) is 0. The third-order valence-corrected chi connectivity index (χ3v) is 4.38. The van der Waals surface area contributed by atoms with Gasteiger partial charge in [-0.25, -0.2) is 0 Å². The second kappa shape index (κ2) is 6.95. The summed E-state index contributed by atoms with van der Waals surface area (Å²) in [5.74, 6) is 0. The van der Waals surface area contributed by atoms with E-state index in [2.05, 4.69) is 54.5 Å². The minimum atomic E-state index is 0.234. The van der Waals surface area contributed by atoms with Gasteiger partial charge in [0.2, 0.25) is 0 Å². The molecular weight excluding hydrogens is 266 g/mol. The fourth-order valence-electron chi connectivity index (χ4n) is 2.32. The van der Waals surface area contributed by atoms with Gasteiger partial charge in [-0.2, -0.15) is 10.2 Å². The van der Waals surface area contributed by atoms with Crippen LogP contribution in [0.15, 0.2) is 18.2 Å². The van der Waals surface area contributed by atoms with Crippen molar-refractivity contribution in [1.29, 1.82) is 0 Å². The van der Waals surface area contributed by atoms with Crippen molar-refractivity contribution in [2.45, 2.75) is 46.6 Å². The minimum absolute atomic E-state index is 0.234. The van der Waals surface area contributed by atoms with Gasteiger partial charge in [-0.05, 0) is 57.0 Å². The molecule has 0 aromatic carbocycles. The zero-order valence-corrected chi connectivity index (χ0v) is 13.5. The number of thiophene rings is 1. The van der Waals surface area contributed by atoms with Gasteiger partial charge in [-0.3, -0.25) is 0 Å². The molecule has 0 aliphatic carbocycles. The second-order valence-electron chi connectivity index (χ2n) is 5.08. The predicted molar refractivity (Wildman–Crippen MR) is 85.3 cm³/mol. The molecule has 0 aliphatic rings. The van der Waals surface area contributed by atoms with Crippen molar-refractivity contribution in [2.75, 3.05) is 6.54 Å². The Labute approximate surface area is 125 Å². The molecule has 0 spiro atoms. The lowest BCUT2D eigenvalue weighted by Gasteiger charge is -2.20. The summed E-state index contributed by atoms with van der Waals surface area (Å²) in [5.41, 5.74) is 3.35. The molecule has 0 saturated carbocycles. The second-order valence-corrected chi connectivity index (χ2v) is 6.40. The van der Waals surface area contributed by atoms with Gasteiger partial charge in [-0.15, -0.1) is 11.3 Å². The molecule has 1 atom stereocenters. The van der Waals surface area contributed by atoms with Gasteiger partial charge in [0.1, 0.15) is 0 Å². The van der Waals surface area contributed by atoms with Crippen molar-refractivity contribution in [1.82, 2.24) is 15.5 Å². The molecule has 3 nitrogen and oxygen atoms in total. The number of aromatic nitrogens is 2. The van der Waals surface area contributed by atoms with Crippen LogP contribution >= 0.6 is 11.3 Å². The summed E-state index contributed by atoms with van der Waals surface area (Å²) in [6.45, 7) is 9.50. The fourth-order valence-corrected chi connectivity index (χ4v) is 3.29. The third-order valence-electron chi connectivity index (χ3n) is 3.32. The van der Waals surface area contributed by atoms with Crippen LogP contribution < -0.4 is 5.32 Å². The number of hydrogen-bond acceptors (Lipinski definition) is 4. The zero-order chi connectivity index (χ0) is 14.5. The van der Waals surface area contributed by atoms with Gasteiger partial charge >= 0.3 is 0 Å². The first kappa shape index (κ1) is 15.1. The van der Waals surface area contributed by atoms with Gasteiger partial charge in [0.15, 0.2) is 0 Å². The molecule has 4 heteroatoms. The van der Waals surface area contributed by atoms with Gasteiger partial charge in [-0.1, -0.05) is 13.8 Å². The number of nitrogens with one attached hydrogen (secondary N) is 1. The molecule has 1 N–H and O–H groups in total. The van der Waals surface area contributed by atoms with E-state index in [9.17, 15) is 0 Å². The Kier molecular flexibility index (Phi) is 5.26. The average molecular weight is 289 g/mol. The zero-order valence-electron chi connectivity index (χ0n) is 12.7. The van der Waals surface area contributed by atoms with Crippen LogP contribution in [0, 0.1) is 13.8 Å². The Morgan fingerprint density at radius 2 is 2.00 bits per heavy atom. The lowest BCUT2D eigenvalue weighted by Crippen LogP contribution is -2.24. The van der Waals surface area contributed by atoms with Crippen molar-refractivity contribution >= 4 is 11.3 Å². The predicted octanol–water partition coefficient (Wildman–Crippen LogP) is 3.81. The molecule has 0 radical (unpaired) electrons. The van der Waals surface area contributed by atoms with E-state index in [0.29, 0.717) is 0 Å². The van der Waals surface area contributed by atoms with E-state index in [0.717, 1.165) is 30.8 Å². The normalized spacial score (nSPS) is 12.6. The van der Waals surface area contributed by atoms with Crippen LogP contribution in [-0.4, -0.2) is 16.7 Å². The Morgan fingerprint density at radius 3 is 2.60 bits per heavy atom. The van der Waals surface area contributed by atoms with Crippen molar-refractivity contribution in [3.8, 4) is 0 Å². The van der Waals surface area contributed by atoms with E-state index >= 15 is 0 Å². The highest BCUT2D eigenvalue weighted by molar-refractivity contribution is 7.12. The van der Waals surface area contributed by atoms with E-state index in [1.54, 1.807) is 0 Å². The molecule has 0 bridgehead atoms. The lowest BCUT2D eigenvalue weighted by molar-refractivity contribution is 0.595. The summed E-state index contributed by atoms with van der Waals surface area (Å²) in [4.78, 5) is 2.71. The highest BCUT2D eigenvalue weighted by Crippen LogP contribution is 2.30. The molecule has 0 amide bonds. The Balaban J connectivity index is 2.42. The molecule has 2 rings (SSSR count). The summed E-state index contributed by atoms with van der Waals surface area (Å²) >= 11 is 1.86. The summed E-state index contributed by atoms with van der Waals surface area (Å²) in [6, 6.07) is 6.82. The Hall–Kier alpha value is -1.26. The molecule has 0 fully saturated rings. The maximum Gasteiger partial charge on any atom is 0.0690 e. The van der Waals surface area contributed by atoms with Crippen LogP contribution in [0.4, 0.5) is 0 Å². The molecule has 1 unspecified atom stereocenters. The molecule has 2 aromatic heterocycles. The highest BCUT2D eigenvalue weighted by Gasteiger charge is 2.19. The van der Waals surface area contributed by atoms with Crippen molar-refractivity contribution in [3.63, 3.8) is 0 Å². The molecule has 20 heavy (non-hydrogen) atoms.